The van der Waals surface area contributed by atoms with Crippen LogP contribution in [0.1, 0.15) is 16.1 Å². The molecule has 0 aliphatic carbocycles. The Labute approximate surface area is 109 Å². The minimum atomic E-state index is -0.597. The predicted octanol–water partition coefficient (Wildman–Crippen LogP) is 2.50. The number of benzene rings is 1. The molecule has 2 rings (SSSR count). The number of aryl methyl sites for hydroxylation is 1. The molecule has 19 heavy (non-hydrogen) atoms. The van der Waals surface area contributed by atoms with Crippen LogP contribution in [0.25, 0.3) is 0 Å². The lowest BCUT2D eigenvalue weighted by Gasteiger charge is -2.06. The van der Waals surface area contributed by atoms with Gasteiger partial charge in [0.05, 0.1) is 19.5 Å². The van der Waals surface area contributed by atoms with E-state index in [1.165, 1.54) is 31.6 Å². The maximum atomic E-state index is 13.6. The molecule has 1 aromatic heterocycles. The van der Waals surface area contributed by atoms with Gasteiger partial charge in [0.15, 0.2) is 17.3 Å². The van der Waals surface area contributed by atoms with E-state index in [2.05, 4.69) is 14.7 Å². The summed E-state index contributed by atoms with van der Waals surface area (Å²) in [5, 5.41) is 0. The second-order valence-corrected chi connectivity index (χ2v) is 3.77. The number of esters is 1. The number of nitrogens with zero attached hydrogens (tertiary/aromatic N) is 2. The summed E-state index contributed by atoms with van der Waals surface area (Å²) in [6.45, 7) is 1.78. The van der Waals surface area contributed by atoms with Crippen molar-refractivity contribution in [2.45, 2.75) is 6.92 Å². The van der Waals surface area contributed by atoms with Crippen molar-refractivity contribution < 1.29 is 18.7 Å². The Morgan fingerprint density at radius 3 is 2.63 bits per heavy atom. The minimum Gasteiger partial charge on any atom is -0.464 e. The number of rotatable bonds is 3. The SMILES string of the molecule is COC(=O)c1cnc(Oc2ccc(C)cc2F)cn1. The van der Waals surface area contributed by atoms with Crippen molar-refractivity contribution in [3.63, 3.8) is 0 Å². The lowest BCUT2D eigenvalue weighted by atomic mass is 10.2. The summed E-state index contributed by atoms with van der Waals surface area (Å²) in [5.41, 5.74) is 0.844. The van der Waals surface area contributed by atoms with Gasteiger partial charge in [0.25, 0.3) is 0 Å². The Kier molecular flexibility index (Phi) is 3.70. The molecule has 0 amide bonds. The summed E-state index contributed by atoms with van der Waals surface area (Å²) in [6.07, 6.45) is 2.43. The molecule has 0 unspecified atom stereocenters. The average Bonchev–Trinajstić information content (AvgIpc) is 2.42. The normalized spacial score (nSPS) is 10.1. The van der Waals surface area contributed by atoms with E-state index in [9.17, 15) is 9.18 Å². The molecule has 0 saturated carbocycles. The standard InChI is InChI=1S/C13H11FN2O3/c1-8-3-4-11(9(14)5-8)19-12-7-15-10(6-16-12)13(17)18-2/h3-7H,1-2H3. The van der Waals surface area contributed by atoms with Crippen LogP contribution in [0.2, 0.25) is 0 Å². The zero-order valence-corrected chi connectivity index (χ0v) is 10.4. The lowest BCUT2D eigenvalue weighted by Crippen LogP contribution is -2.05. The van der Waals surface area contributed by atoms with Gasteiger partial charge in [-0.25, -0.2) is 19.2 Å². The van der Waals surface area contributed by atoms with E-state index >= 15 is 0 Å². The zero-order valence-electron chi connectivity index (χ0n) is 10.4. The van der Waals surface area contributed by atoms with Crippen LogP contribution in [-0.4, -0.2) is 23.0 Å². The van der Waals surface area contributed by atoms with Crippen molar-refractivity contribution in [2.75, 3.05) is 7.11 Å². The predicted molar refractivity (Wildman–Crippen MR) is 64.6 cm³/mol. The monoisotopic (exact) mass is 262 g/mol. The van der Waals surface area contributed by atoms with Crippen molar-refractivity contribution >= 4 is 5.97 Å². The molecule has 0 radical (unpaired) electrons. The topological polar surface area (TPSA) is 61.3 Å². The summed E-state index contributed by atoms with van der Waals surface area (Å²) in [5.74, 6) is -0.944. The maximum absolute atomic E-state index is 13.6. The van der Waals surface area contributed by atoms with Crippen LogP contribution in [0, 0.1) is 12.7 Å². The number of halogens is 1. The summed E-state index contributed by atoms with van der Waals surface area (Å²) < 4.78 is 23.3. The van der Waals surface area contributed by atoms with Gasteiger partial charge < -0.3 is 9.47 Å². The first kappa shape index (κ1) is 12.9. The van der Waals surface area contributed by atoms with E-state index in [-0.39, 0.29) is 17.3 Å². The smallest absolute Gasteiger partial charge is 0.358 e. The van der Waals surface area contributed by atoms with Crippen LogP contribution >= 0.6 is 0 Å². The molecule has 1 heterocycles. The molecule has 0 spiro atoms. The lowest BCUT2D eigenvalue weighted by molar-refractivity contribution is 0.0593. The fraction of sp³-hybridized carbons (Fsp3) is 0.154. The van der Waals surface area contributed by atoms with Gasteiger partial charge in [0.1, 0.15) is 0 Å². The fourth-order valence-electron chi connectivity index (χ4n) is 1.38. The van der Waals surface area contributed by atoms with E-state index < -0.39 is 11.8 Å². The highest BCUT2D eigenvalue weighted by atomic mass is 19.1. The van der Waals surface area contributed by atoms with Crippen LogP contribution in [0.3, 0.4) is 0 Å². The van der Waals surface area contributed by atoms with E-state index in [4.69, 9.17) is 4.74 Å². The van der Waals surface area contributed by atoms with Crippen molar-refractivity contribution in [3.8, 4) is 11.6 Å². The molecule has 2 aromatic rings. The summed E-state index contributed by atoms with van der Waals surface area (Å²) in [4.78, 5) is 18.8. The van der Waals surface area contributed by atoms with Crippen LogP contribution in [0.15, 0.2) is 30.6 Å². The first-order chi connectivity index (χ1) is 9.10. The van der Waals surface area contributed by atoms with Gasteiger partial charge in [-0.1, -0.05) is 6.07 Å². The van der Waals surface area contributed by atoms with Crippen LogP contribution in [0.4, 0.5) is 4.39 Å². The first-order valence-electron chi connectivity index (χ1n) is 5.44. The van der Waals surface area contributed by atoms with E-state index in [0.29, 0.717) is 0 Å². The van der Waals surface area contributed by atoms with Crippen molar-refractivity contribution in [2.24, 2.45) is 0 Å². The molecule has 1 aromatic carbocycles. The minimum absolute atomic E-state index is 0.0470. The maximum Gasteiger partial charge on any atom is 0.358 e. The number of hydrogen-bond donors (Lipinski definition) is 0. The molecule has 0 aliphatic heterocycles. The summed E-state index contributed by atoms with van der Waals surface area (Å²) >= 11 is 0. The van der Waals surface area contributed by atoms with Gasteiger partial charge in [0, 0.05) is 0 Å². The molecule has 98 valence electrons. The molecule has 0 aliphatic rings. The molecule has 6 heteroatoms. The van der Waals surface area contributed by atoms with Gasteiger partial charge in [-0.15, -0.1) is 0 Å². The van der Waals surface area contributed by atoms with Gasteiger partial charge in [0.2, 0.25) is 5.88 Å². The highest BCUT2D eigenvalue weighted by Crippen LogP contribution is 2.23. The number of hydrogen-bond acceptors (Lipinski definition) is 5. The zero-order chi connectivity index (χ0) is 13.8. The molecule has 0 bridgehead atoms. The van der Waals surface area contributed by atoms with Gasteiger partial charge in [-0.05, 0) is 24.6 Å². The Morgan fingerprint density at radius 1 is 1.26 bits per heavy atom. The van der Waals surface area contributed by atoms with Crippen molar-refractivity contribution in [1.29, 1.82) is 0 Å². The van der Waals surface area contributed by atoms with Gasteiger partial charge in [-0.3, -0.25) is 0 Å². The van der Waals surface area contributed by atoms with Crippen molar-refractivity contribution in [1.82, 2.24) is 9.97 Å². The first-order valence-corrected chi connectivity index (χ1v) is 5.44. The quantitative estimate of drug-likeness (QED) is 0.795. The number of ether oxygens (including phenoxy) is 2. The van der Waals surface area contributed by atoms with Gasteiger partial charge >= 0.3 is 5.97 Å². The highest BCUT2D eigenvalue weighted by molar-refractivity contribution is 5.86. The van der Waals surface area contributed by atoms with Crippen LogP contribution in [0.5, 0.6) is 11.6 Å². The van der Waals surface area contributed by atoms with Crippen LogP contribution < -0.4 is 4.74 Å². The third-order valence-electron chi connectivity index (χ3n) is 2.32. The third-order valence-corrected chi connectivity index (χ3v) is 2.32. The Hall–Kier alpha value is -2.50. The Bertz CT molecular complexity index is 599. The van der Waals surface area contributed by atoms with E-state index in [1.54, 1.807) is 13.0 Å². The largest absolute Gasteiger partial charge is 0.464 e. The van der Waals surface area contributed by atoms with E-state index in [0.717, 1.165) is 5.56 Å². The molecule has 0 atom stereocenters. The van der Waals surface area contributed by atoms with Crippen LogP contribution in [-0.2, 0) is 4.74 Å². The average molecular weight is 262 g/mol. The number of aromatic nitrogens is 2. The molecule has 5 nitrogen and oxygen atoms in total. The second kappa shape index (κ2) is 5.43. The summed E-state index contributed by atoms with van der Waals surface area (Å²) in [7, 11) is 1.25. The number of carbonyl (C=O) groups is 1. The molecular formula is C13H11FN2O3. The number of methoxy groups -OCH3 is 1. The fourth-order valence-corrected chi connectivity index (χ4v) is 1.38. The van der Waals surface area contributed by atoms with Gasteiger partial charge in [-0.2, -0.15) is 0 Å². The summed E-state index contributed by atoms with van der Waals surface area (Å²) in [6, 6.07) is 4.57. The highest BCUT2D eigenvalue weighted by Gasteiger charge is 2.10. The second-order valence-electron chi connectivity index (χ2n) is 3.77. The number of carbonyl (C=O) groups excluding carboxylic acids is 1. The van der Waals surface area contributed by atoms with Crippen molar-refractivity contribution in [3.05, 3.63) is 47.7 Å². The molecular weight excluding hydrogens is 251 g/mol. The Morgan fingerprint density at radius 2 is 2.05 bits per heavy atom. The third kappa shape index (κ3) is 3.04. The Balaban J connectivity index is 2.17. The molecule has 0 fully saturated rings. The molecule has 0 N–H and O–H groups in total. The van der Waals surface area contributed by atoms with E-state index in [1.807, 2.05) is 0 Å². The molecule has 0 saturated heterocycles.